The van der Waals surface area contributed by atoms with Gasteiger partial charge in [0.1, 0.15) is 11.8 Å². The van der Waals surface area contributed by atoms with Crippen molar-refractivity contribution in [2.75, 3.05) is 19.1 Å². The van der Waals surface area contributed by atoms with Crippen LogP contribution in [0.3, 0.4) is 0 Å². The molecule has 1 atom stereocenters. The summed E-state index contributed by atoms with van der Waals surface area (Å²) >= 11 is 12.7. The average Bonchev–Trinajstić information content (AvgIpc) is 3.45. The van der Waals surface area contributed by atoms with E-state index in [0.717, 1.165) is 33.8 Å². The topological polar surface area (TPSA) is 63.6 Å². The van der Waals surface area contributed by atoms with Crippen molar-refractivity contribution in [3.63, 3.8) is 0 Å². The zero-order chi connectivity index (χ0) is 28.0. The highest BCUT2D eigenvalue weighted by molar-refractivity contribution is 6.31. The fourth-order valence-corrected chi connectivity index (χ4v) is 5.65. The van der Waals surface area contributed by atoms with E-state index >= 15 is 0 Å². The third-order valence-corrected chi connectivity index (χ3v) is 7.63. The van der Waals surface area contributed by atoms with Gasteiger partial charge >= 0.3 is 0 Å². The van der Waals surface area contributed by atoms with E-state index in [1.54, 1.807) is 26.3 Å². The van der Waals surface area contributed by atoms with Crippen LogP contribution < -0.4 is 15.0 Å². The SMILES string of the molecule is CNC(=O)c1ccc(OC)c(-c2cc3c(n2C(C)C)C(c2ccc(Cl)cc2)N(c2cc(Cl)ccc2C)C3=O)c1. The van der Waals surface area contributed by atoms with E-state index in [0.29, 0.717) is 26.9 Å². The highest BCUT2D eigenvalue weighted by Gasteiger charge is 2.44. The Morgan fingerprint density at radius 1 is 0.949 bits per heavy atom. The summed E-state index contributed by atoms with van der Waals surface area (Å²) in [6, 6.07) is 19.9. The number of halogens is 2. The molecule has 6 nitrogen and oxygen atoms in total. The Kier molecular flexibility index (Phi) is 7.19. The standard InChI is InChI=1S/C31H29Cl2N3O3/c1-17(2)35-26(23-14-20(30(37)34-4)9-13-27(23)39-5)16-24-29(35)28(19-7-11-21(32)12-8-19)36(31(24)38)25-15-22(33)10-6-18(25)3/h6-17,28H,1-5H3,(H,34,37). The van der Waals surface area contributed by atoms with Gasteiger partial charge in [0, 0.05) is 39.9 Å². The van der Waals surface area contributed by atoms with E-state index in [2.05, 4.69) is 23.7 Å². The Bertz CT molecular complexity index is 1590. The van der Waals surface area contributed by atoms with Crippen molar-refractivity contribution in [3.05, 3.63) is 105 Å². The molecule has 39 heavy (non-hydrogen) atoms. The van der Waals surface area contributed by atoms with E-state index in [1.807, 2.05) is 66.4 Å². The lowest BCUT2D eigenvalue weighted by molar-refractivity contribution is 0.0961. The second-order valence-electron chi connectivity index (χ2n) is 9.85. The summed E-state index contributed by atoms with van der Waals surface area (Å²) in [6.07, 6.45) is 0. The summed E-state index contributed by atoms with van der Waals surface area (Å²) in [5, 5.41) is 3.85. The maximum atomic E-state index is 14.3. The first-order chi connectivity index (χ1) is 18.7. The molecule has 1 N–H and O–H groups in total. The van der Waals surface area contributed by atoms with Gasteiger partial charge in [-0.05, 0) is 80.4 Å². The number of benzene rings is 3. The van der Waals surface area contributed by atoms with Gasteiger partial charge < -0.3 is 14.6 Å². The maximum absolute atomic E-state index is 14.3. The van der Waals surface area contributed by atoms with Gasteiger partial charge in [0.05, 0.1) is 24.1 Å². The lowest BCUT2D eigenvalue weighted by Crippen LogP contribution is -2.30. The van der Waals surface area contributed by atoms with Crippen LogP contribution in [-0.2, 0) is 0 Å². The van der Waals surface area contributed by atoms with Gasteiger partial charge in [-0.25, -0.2) is 0 Å². The molecule has 0 aliphatic carbocycles. The molecule has 0 fully saturated rings. The summed E-state index contributed by atoms with van der Waals surface area (Å²) < 4.78 is 7.87. The van der Waals surface area contributed by atoms with Crippen molar-refractivity contribution >= 4 is 40.7 Å². The zero-order valence-corrected chi connectivity index (χ0v) is 23.9. The smallest absolute Gasteiger partial charge is 0.261 e. The Hall–Kier alpha value is -3.74. The number of methoxy groups -OCH3 is 1. The summed E-state index contributed by atoms with van der Waals surface area (Å²) in [4.78, 5) is 28.6. The van der Waals surface area contributed by atoms with Gasteiger partial charge in [-0.15, -0.1) is 0 Å². The summed E-state index contributed by atoms with van der Waals surface area (Å²) in [5.74, 6) is 0.281. The lowest BCUT2D eigenvalue weighted by Gasteiger charge is -2.30. The molecule has 5 rings (SSSR count). The van der Waals surface area contributed by atoms with Crippen molar-refractivity contribution in [2.24, 2.45) is 0 Å². The largest absolute Gasteiger partial charge is 0.496 e. The quantitative estimate of drug-likeness (QED) is 0.265. The minimum absolute atomic E-state index is 0.0138. The van der Waals surface area contributed by atoms with Gasteiger partial charge in [-0.2, -0.15) is 0 Å². The van der Waals surface area contributed by atoms with Gasteiger partial charge in [-0.1, -0.05) is 41.4 Å². The first-order valence-electron chi connectivity index (χ1n) is 12.7. The van der Waals surface area contributed by atoms with Gasteiger partial charge in [-0.3, -0.25) is 14.5 Å². The predicted octanol–water partition coefficient (Wildman–Crippen LogP) is 7.47. The number of carbonyl (C=O) groups is 2. The van der Waals surface area contributed by atoms with E-state index in [-0.39, 0.29) is 17.9 Å². The zero-order valence-electron chi connectivity index (χ0n) is 22.4. The molecule has 4 aromatic rings. The van der Waals surface area contributed by atoms with Crippen LogP contribution in [-0.4, -0.2) is 30.5 Å². The van der Waals surface area contributed by atoms with Crippen LogP contribution in [0.15, 0.2) is 66.7 Å². The van der Waals surface area contributed by atoms with Crippen molar-refractivity contribution in [1.29, 1.82) is 0 Å². The third kappa shape index (κ3) is 4.58. The Morgan fingerprint density at radius 2 is 1.64 bits per heavy atom. The molecule has 0 radical (unpaired) electrons. The summed E-state index contributed by atoms with van der Waals surface area (Å²) in [5.41, 5.74) is 6.09. The predicted molar refractivity (Wildman–Crippen MR) is 156 cm³/mol. The number of carbonyl (C=O) groups excluding carboxylic acids is 2. The van der Waals surface area contributed by atoms with Gasteiger partial charge in [0.25, 0.3) is 11.8 Å². The third-order valence-electron chi connectivity index (χ3n) is 7.14. The van der Waals surface area contributed by atoms with E-state index < -0.39 is 6.04 Å². The normalized spacial score (nSPS) is 14.6. The molecule has 3 aromatic carbocycles. The van der Waals surface area contributed by atoms with Crippen LogP contribution in [0.1, 0.15) is 63.5 Å². The Morgan fingerprint density at radius 3 is 2.28 bits per heavy atom. The molecule has 0 saturated carbocycles. The highest BCUT2D eigenvalue weighted by Crippen LogP contribution is 2.48. The summed E-state index contributed by atoms with van der Waals surface area (Å²) in [7, 11) is 3.19. The van der Waals surface area contributed by atoms with Crippen molar-refractivity contribution in [3.8, 4) is 17.0 Å². The number of nitrogens with one attached hydrogen (secondary N) is 1. The van der Waals surface area contributed by atoms with Gasteiger partial charge in [0.15, 0.2) is 0 Å². The molecule has 0 bridgehead atoms. The van der Waals surface area contributed by atoms with Crippen LogP contribution in [0.5, 0.6) is 5.75 Å². The number of aryl methyl sites for hydroxylation is 1. The second kappa shape index (κ2) is 10.4. The number of amides is 2. The first-order valence-corrected chi connectivity index (χ1v) is 13.4. The maximum Gasteiger partial charge on any atom is 0.261 e. The molecule has 1 unspecified atom stereocenters. The summed E-state index contributed by atoms with van der Waals surface area (Å²) in [6.45, 7) is 6.13. The molecule has 0 spiro atoms. The van der Waals surface area contributed by atoms with Crippen molar-refractivity contribution < 1.29 is 14.3 Å². The Balaban J connectivity index is 1.80. The van der Waals surface area contributed by atoms with Crippen molar-refractivity contribution in [2.45, 2.75) is 32.9 Å². The first kappa shape index (κ1) is 26.9. The number of aromatic nitrogens is 1. The molecule has 2 heterocycles. The molecule has 1 aliphatic rings. The number of hydrogen-bond acceptors (Lipinski definition) is 3. The fourth-order valence-electron chi connectivity index (χ4n) is 5.36. The molecule has 2 amide bonds. The molecule has 0 saturated heterocycles. The highest BCUT2D eigenvalue weighted by atomic mass is 35.5. The van der Waals surface area contributed by atoms with Crippen LogP contribution in [0, 0.1) is 6.92 Å². The fraction of sp³-hybridized carbons (Fsp3) is 0.226. The molecule has 1 aliphatic heterocycles. The Labute approximate surface area is 238 Å². The molecular formula is C31H29Cl2N3O3. The number of hydrogen-bond donors (Lipinski definition) is 1. The minimum Gasteiger partial charge on any atom is -0.496 e. The second-order valence-corrected chi connectivity index (χ2v) is 10.7. The van der Waals surface area contributed by atoms with Gasteiger partial charge in [0.2, 0.25) is 0 Å². The minimum atomic E-state index is -0.425. The number of ether oxygens (including phenoxy) is 1. The number of anilines is 1. The van der Waals surface area contributed by atoms with Crippen LogP contribution in [0.2, 0.25) is 10.0 Å². The van der Waals surface area contributed by atoms with Crippen LogP contribution in [0.25, 0.3) is 11.3 Å². The molecule has 8 heteroatoms. The van der Waals surface area contributed by atoms with Crippen LogP contribution >= 0.6 is 23.2 Å². The average molecular weight is 562 g/mol. The number of fused-ring (bicyclic) bond motifs is 1. The van der Waals surface area contributed by atoms with E-state index in [1.165, 1.54) is 0 Å². The van der Waals surface area contributed by atoms with E-state index in [4.69, 9.17) is 27.9 Å². The molecule has 200 valence electrons. The molecular weight excluding hydrogens is 533 g/mol. The monoisotopic (exact) mass is 561 g/mol. The number of nitrogens with zero attached hydrogens (tertiary/aromatic N) is 2. The lowest BCUT2D eigenvalue weighted by atomic mass is 10.0. The van der Waals surface area contributed by atoms with Crippen LogP contribution in [0.4, 0.5) is 5.69 Å². The molecule has 1 aromatic heterocycles. The van der Waals surface area contributed by atoms with E-state index in [9.17, 15) is 9.59 Å². The number of rotatable bonds is 6. The van der Waals surface area contributed by atoms with Crippen molar-refractivity contribution in [1.82, 2.24) is 9.88 Å².